The van der Waals surface area contributed by atoms with Crippen LogP contribution in [-0.4, -0.2) is 125 Å². The van der Waals surface area contributed by atoms with Gasteiger partial charge in [0, 0.05) is 13.1 Å². The van der Waals surface area contributed by atoms with Gasteiger partial charge in [0.05, 0.1) is 26.1 Å². The zero-order valence-corrected chi connectivity index (χ0v) is 22.2. The van der Waals surface area contributed by atoms with Crippen LogP contribution < -0.4 is 38.5 Å². The standard InChI is InChI=1S/C22H37N9O10/c23-8-15(33)28-11(3-1-5-26-22(24)25)18(37)27-9-16(34)29-12(7-17(35)36)19(38)30-13(10-32)20(39)31-6-2-4-14(31)21(40)41/h11-14,32H,1-10,23H2,(H,27,37)(H,28,33)(H,29,34)(H,30,38)(H,35,36)(H,40,41)(H4,24,25,26)/t11-,12+,13-,14+/m0/s1. The Labute approximate surface area is 234 Å². The molecule has 1 aliphatic rings. The maximum absolute atomic E-state index is 12.8. The molecule has 1 saturated heterocycles. The monoisotopic (exact) mass is 587 g/mol. The van der Waals surface area contributed by atoms with Crippen LogP contribution in [0.1, 0.15) is 32.1 Å². The molecule has 41 heavy (non-hydrogen) atoms. The molecule has 0 radical (unpaired) electrons. The Morgan fingerprint density at radius 3 is 2.15 bits per heavy atom. The smallest absolute Gasteiger partial charge is 0.326 e. The van der Waals surface area contributed by atoms with Crippen molar-refractivity contribution in [1.82, 2.24) is 26.2 Å². The second kappa shape index (κ2) is 17.2. The molecule has 0 aromatic heterocycles. The first-order chi connectivity index (χ1) is 19.3. The minimum atomic E-state index is -1.72. The molecule has 5 amide bonds. The molecule has 0 saturated carbocycles. The van der Waals surface area contributed by atoms with Gasteiger partial charge in [-0.1, -0.05) is 0 Å². The first kappa shape index (κ1) is 34.5. The fraction of sp³-hybridized carbons (Fsp3) is 0.636. The summed E-state index contributed by atoms with van der Waals surface area (Å²) < 4.78 is 0. The normalized spacial score (nSPS) is 16.4. The van der Waals surface area contributed by atoms with E-state index in [1.165, 1.54) is 0 Å². The number of carboxylic acid groups (broad SMARTS) is 2. The molecule has 230 valence electrons. The lowest BCUT2D eigenvalue weighted by molar-refractivity contribution is -0.150. The quantitative estimate of drug-likeness (QED) is 0.0431. The van der Waals surface area contributed by atoms with Gasteiger partial charge in [0.2, 0.25) is 29.5 Å². The average molecular weight is 588 g/mol. The largest absolute Gasteiger partial charge is 0.481 e. The molecule has 0 bridgehead atoms. The number of carbonyl (C=O) groups excluding carboxylic acids is 5. The van der Waals surface area contributed by atoms with Crippen molar-refractivity contribution >= 4 is 47.4 Å². The van der Waals surface area contributed by atoms with E-state index in [1.54, 1.807) is 0 Å². The first-order valence-corrected chi connectivity index (χ1v) is 12.6. The summed E-state index contributed by atoms with van der Waals surface area (Å²) in [6, 6.07) is -5.57. The van der Waals surface area contributed by atoms with Crippen LogP contribution in [0.3, 0.4) is 0 Å². The first-order valence-electron chi connectivity index (χ1n) is 12.6. The summed E-state index contributed by atoms with van der Waals surface area (Å²) in [5.41, 5.74) is 15.7. The van der Waals surface area contributed by atoms with E-state index < -0.39 is 91.8 Å². The SMILES string of the molecule is NCC(=O)N[C@@H](CCCN=C(N)N)C(=O)NCC(=O)N[C@H](CC(=O)O)C(=O)N[C@@H](CO)C(=O)N1CCC[C@@H]1C(=O)O. The summed E-state index contributed by atoms with van der Waals surface area (Å²) in [6.07, 6.45) is 0.0216. The molecule has 0 unspecified atom stereocenters. The van der Waals surface area contributed by atoms with Crippen molar-refractivity contribution in [2.45, 2.75) is 56.3 Å². The third kappa shape index (κ3) is 12.0. The van der Waals surface area contributed by atoms with Crippen molar-refractivity contribution in [2.24, 2.45) is 22.2 Å². The van der Waals surface area contributed by atoms with Crippen molar-refractivity contribution in [3.8, 4) is 0 Å². The van der Waals surface area contributed by atoms with Gasteiger partial charge in [0.25, 0.3) is 0 Å². The molecule has 4 atom stereocenters. The lowest BCUT2D eigenvalue weighted by atomic mass is 10.1. The number of rotatable bonds is 17. The summed E-state index contributed by atoms with van der Waals surface area (Å²) in [4.78, 5) is 89.6. The second-order valence-electron chi connectivity index (χ2n) is 8.98. The molecule has 0 aromatic carbocycles. The van der Waals surface area contributed by atoms with E-state index in [4.69, 9.17) is 17.2 Å². The van der Waals surface area contributed by atoms with Gasteiger partial charge in [-0.2, -0.15) is 0 Å². The number of aliphatic imine (C=N–C) groups is 1. The van der Waals surface area contributed by atoms with E-state index in [9.17, 15) is 48.9 Å². The number of hydrogen-bond acceptors (Lipinski definition) is 10. The number of carbonyl (C=O) groups is 7. The topological polar surface area (TPSA) is 322 Å². The number of carboxylic acids is 2. The third-order valence-corrected chi connectivity index (χ3v) is 5.85. The predicted molar refractivity (Wildman–Crippen MR) is 139 cm³/mol. The van der Waals surface area contributed by atoms with Crippen molar-refractivity contribution in [2.75, 3.05) is 32.8 Å². The van der Waals surface area contributed by atoms with Crippen LogP contribution in [-0.2, 0) is 33.6 Å². The number of amides is 5. The van der Waals surface area contributed by atoms with Crippen LogP contribution in [0.4, 0.5) is 0 Å². The summed E-state index contributed by atoms with van der Waals surface area (Å²) in [7, 11) is 0. The maximum Gasteiger partial charge on any atom is 0.326 e. The van der Waals surface area contributed by atoms with Crippen LogP contribution in [0.2, 0.25) is 0 Å². The Bertz CT molecular complexity index is 1020. The molecule has 0 aliphatic carbocycles. The highest BCUT2D eigenvalue weighted by Gasteiger charge is 2.38. The van der Waals surface area contributed by atoms with Crippen molar-refractivity contribution in [3.63, 3.8) is 0 Å². The number of nitrogens with two attached hydrogens (primary N) is 3. The predicted octanol–water partition coefficient (Wildman–Crippen LogP) is -5.89. The Morgan fingerprint density at radius 2 is 1.59 bits per heavy atom. The Kier molecular flexibility index (Phi) is 14.5. The van der Waals surface area contributed by atoms with Gasteiger partial charge in [-0.15, -0.1) is 0 Å². The van der Waals surface area contributed by atoms with Crippen molar-refractivity contribution in [3.05, 3.63) is 0 Å². The van der Waals surface area contributed by atoms with Gasteiger partial charge in [0.15, 0.2) is 5.96 Å². The van der Waals surface area contributed by atoms with Gasteiger partial charge < -0.3 is 58.7 Å². The molecule has 19 heteroatoms. The number of guanidine groups is 1. The third-order valence-electron chi connectivity index (χ3n) is 5.85. The highest BCUT2D eigenvalue weighted by Crippen LogP contribution is 2.18. The highest BCUT2D eigenvalue weighted by atomic mass is 16.4. The van der Waals surface area contributed by atoms with E-state index in [-0.39, 0.29) is 38.3 Å². The number of likely N-dealkylation sites (tertiary alicyclic amines) is 1. The molecular weight excluding hydrogens is 550 g/mol. The van der Waals surface area contributed by atoms with E-state index >= 15 is 0 Å². The molecule has 0 spiro atoms. The van der Waals surface area contributed by atoms with Crippen LogP contribution >= 0.6 is 0 Å². The van der Waals surface area contributed by atoms with Crippen molar-refractivity contribution in [1.29, 1.82) is 0 Å². The Morgan fingerprint density at radius 1 is 0.927 bits per heavy atom. The van der Waals surface area contributed by atoms with E-state index in [0.29, 0.717) is 6.42 Å². The molecule has 0 aromatic rings. The molecule has 1 heterocycles. The molecule has 1 rings (SSSR count). The maximum atomic E-state index is 12.8. The average Bonchev–Trinajstić information content (AvgIpc) is 3.41. The molecule has 1 aliphatic heterocycles. The summed E-state index contributed by atoms with van der Waals surface area (Å²) in [5.74, 6) is -7.35. The van der Waals surface area contributed by atoms with Gasteiger partial charge in [-0.3, -0.25) is 33.8 Å². The zero-order valence-electron chi connectivity index (χ0n) is 22.2. The Balaban J connectivity index is 2.82. The number of hydrogen-bond donors (Lipinski definition) is 10. The number of aliphatic hydroxyl groups excluding tert-OH is 1. The minimum Gasteiger partial charge on any atom is -0.481 e. The lowest BCUT2D eigenvalue weighted by Gasteiger charge is -2.27. The number of aliphatic hydroxyl groups is 1. The fourth-order valence-corrected chi connectivity index (χ4v) is 3.89. The molecule has 1 fully saturated rings. The van der Waals surface area contributed by atoms with Gasteiger partial charge in [0.1, 0.15) is 24.2 Å². The minimum absolute atomic E-state index is 0.0797. The van der Waals surface area contributed by atoms with E-state index in [1.807, 2.05) is 0 Å². The Hall–Kier alpha value is -4.52. The van der Waals surface area contributed by atoms with Gasteiger partial charge in [-0.05, 0) is 25.7 Å². The summed E-state index contributed by atoms with van der Waals surface area (Å²) in [5, 5.41) is 37.0. The molecule has 19 nitrogen and oxygen atoms in total. The van der Waals surface area contributed by atoms with Crippen LogP contribution in [0.15, 0.2) is 4.99 Å². The highest BCUT2D eigenvalue weighted by molar-refractivity contribution is 5.96. The number of aliphatic carboxylic acids is 2. The fourth-order valence-electron chi connectivity index (χ4n) is 3.89. The van der Waals surface area contributed by atoms with Crippen molar-refractivity contribution < 1.29 is 48.9 Å². The molecular formula is C22H37N9O10. The molecule has 13 N–H and O–H groups in total. The van der Waals surface area contributed by atoms with E-state index in [2.05, 4.69) is 26.3 Å². The number of nitrogens with one attached hydrogen (secondary N) is 4. The van der Waals surface area contributed by atoms with Gasteiger partial charge in [-0.25, -0.2) is 4.79 Å². The summed E-state index contributed by atoms with van der Waals surface area (Å²) >= 11 is 0. The lowest BCUT2D eigenvalue weighted by Crippen LogP contribution is -2.58. The zero-order chi connectivity index (χ0) is 31.1. The van der Waals surface area contributed by atoms with Crippen LogP contribution in [0.25, 0.3) is 0 Å². The number of nitrogens with zero attached hydrogens (tertiary/aromatic N) is 2. The van der Waals surface area contributed by atoms with E-state index in [0.717, 1.165) is 4.90 Å². The summed E-state index contributed by atoms with van der Waals surface area (Å²) in [6.45, 7) is -1.81. The van der Waals surface area contributed by atoms with Crippen LogP contribution in [0, 0.1) is 0 Å². The van der Waals surface area contributed by atoms with Gasteiger partial charge >= 0.3 is 11.9 Å². The van der Waals surface area contributed by atoms with Crippen LogP contribution in [0.5, 0.6) is 0 Å². The second-order valence-corrected chi connectivity index (χ2v) is 8.98.